The maximum atomic E-state index is 13.1. The summed E-state index contributed by atoms with van der Waals surface area (Å²) in [6.45, 7) is 5.68. The molecule has 1 aliphatic carbocycles. The molecule has 3 aromatic rings. The molecular formula is C20H22N4O2S2. The zero-order valence-electron chi connectivity index (χ0n) is 16.1. The number of H-pyrrole nitrogens is 1. The van der Waals surface area contributed by atoms with Gasteiger partial charge in [0.1, 0.15) is 0 Å². The van der Waals surface area contributed by atoms with Gasteiger partial charge in [-0.25, -0.2) is 0 Å². The molecule has 4 rings (SSSR count). The van der Waals surface area contributed by atoms with E-state index >= 15 is 0 Å². The van der Waals surface area contributed by atoms with Crippen molar-refractivity contribution in [1.29, 1.82) is 0 Å². The Balaban J connectivity index is 1.53. The number of carbonyl (C=O) groups is 2. The number of aromatic nitrogens is 3. The van der Waals surface area contributed by atoms with Gasteiger partial charge in [-0.2, -0.15) is 0 Å². The Labute approximate surface area is 171 Å². The molecule has 1 N–H and O–H groups in total. The van der Waals surface area contributed by atoms with Gasteiger partial charge in [-0.1, -0.05) is 48.2 Å². The molecule has 0 unspecified atom stereocenters. The Bertz CT molecular complexity index is 1040. The average molecular weight is 415 g/mol. The summed E-state index contributed by atoms with van der Waals surface area (Å²) >= 11 is 2.79. The number of hydrogen-bond donors (Lipinski definition) is 1. The number of nitrogens with one attached hydrogen (secondary N) is 1. The molecule has 1 atom stereocenters. The van der Waals surface area contributed by atoms with Crippen molar-refractivity contribution in [2.45, 2.75) is 55.7 Å². The Morgan fingerprint density at radius 2 is 2.07 bits per heavy atom. The molecule has 8 heteroatoms. The lowest BCUT2D eigenvalue weighted by Gasteiger charge is -2.17. The molecule has 1 saturated carbocycles. The van der Waals surface area contributed by atoms with E-state index in [9.17, 15) is 9.59 Å². The monoisotopic (exact) mass is 414 g/mol. The molecule has 1 fully saturated rings. The summed E-state index contributed by atoms with van der Waals surface area (Å²) in [4.78, 5) is 30.4. The highest BCUT2D eigenvalue weighted by molar-refractivity contribution is 8.02. The van der Waals surface area contributed by atoms with Gasteiger partial charge in [0.05, 0.1) is 5.25 Å². The Morgan fingerprint density at radius 3 is 2.79 bits per heavy atom. The molecule has 0 bridgehead atoms. The summed E-state index contributed by atoms with van der Waals surface area (Å²) in [6, 6.07) is 8.10. The third-order valence-corrected chi connectivity index (χ3v) is 6.98. The van der Waals surface area contributed by atoms with Gasteiger partial charge in [-0.3, -0.25) is 14.5 Å². The normalized spacial score (nSPS) is 15.0. The fourth-order valence-electron chi connectivity index (χ4n) is 3.32. The second-order valence-corrected chi connectivity index (χ2v) is 9.54. The van der Waals surface area contributed by atoms with Crippen LogP contribution in [0, 0.1) is 6.92 Å². The third-order valence-electron chi connectivity index (χ3n) is 4.87. The molecule has 2 heterocycles. The predicted molar refractivity (Wildman–Crippen MR) is 113 cm³/mol. The number of aromatic amines is 1. The summed E-state index contributed by atoms with van der Waals surface area (Å²) in [7, 11) is 0. The van der Waals surface area contributed by atoms with E-state index in [1.807, 2.05) is 45.0 Å². The second kappa shape index (κ2) is 7.67. The standard InChI is InChI=1S/C20H22N4O2S2/c1-4-16(25)24(13-9-10-13)19-22-23-20(28-19)27-12(3)18(26)17-11(2)21-15-8-6-5-7-14(15)17/h5-8,12-13,21H,4,9-10H2,1-3H3/t12-/m0/s1. The van der Waals surface area contributed by atoms with Crippen LogP contribution in [0.15, 0.2) is 28.6 Å². The van der Waals surface area contributed by atoms with E-state index in [2.05, 4.69) is 15.2 Å². The van der Waals surface area contributed by atoms with Gasteiger partial charge in [0.2, 0.25) is 11.0 Å². The summed E-state index contributed by atoms with van der Waals surface area (Å²) in [5.74, 6) is 0.147. The minimum atomic E-state index is -0.296. The van der Waals surface area contributed by atoms with Crippen molar-refractivity contribution in [1.82, 2.24) is 15.2 Å². The van der Waals surface area contributed by atoms with E-state index in [-0.39, 0.29) is 23.0 Å². The van der Waals surface area contributed by atoms with E-state index in [4.69, 9.17) is 0 Å². The lowest BCUT2D eigenvalue weighted by molar-refractivity contribution is -0.118. The van der Waals surface area contributed by atoms with Crippen LogP contribution in [0.3, 0.4) is 0 Å². The number of fused-ring (bicyclic) bond motifs is 1. The van der Waals surface area contributed by atoms with Crippen molar-refractivity contribution < 1.29 is 9.59 Å². The maximum absolute atomic E-state index is 13.1. The Kier molecular flexibility index (Phi) is 5.25. The summed E-state index contributed by atoms with van der Waals surface area (Å²) in [6.07, 6.45) is 2.48. The largest absolute Gasteiger partial charge is 0.358 e. The molecule has 6 nitrogen and oxygen atoms in total. The fourth-order valence-corrected chi connectivity index (χ4v) is 5.45. The van der Waals surface area contributed by atoms with Gasteiger partial charge in [-0.05, 0) is 32.8 Å². The van der Waals surface area contributed by atoms with Crippen molar-refractivity contribution in [2.75, 3.05) is 4.90 Å². The first-order valence-electron chi connectivity index (χ1n) is 9.43. The highest BCUT2D eigenvalue weighted by Crippen LogP contribution is 2.38. The minimum absolute atomic E-state index is 0.0698. The number of nitrogens with zero attached hydrogens (tertiary/aromatic N) is 3. The average Bonchev–Trinajstić information content (AvgIpc) is 3.31. The summed E-state index contributed by atoms with van der Waals surface area (Å²) < 4.78 is 0.711. The number of benzene rings is 1. The molecule has 0 radical (unpaired) electrons. The van der Waals surface area contributed by atoms with Crippen LogP contribution >= 0.6 is 23.1 Å². The number of thioether (sulfide) groups is 1. The highest BCUT2D eigenvalue weighted by Gasteiger charge is 2.35. The van der Waals surface area contributed by atoms with Gasteiger partial charge < -0.3 is 4.98 Å². The SMILES string of the molecule is CCC(=O)N(c1nnc(S[C@@H](C)C(=O)c2c(C)[nH]c3ccccc23)s1)C1CC1. The van der Waals surface area contributed by atoms with E-state index in [0.29, 0.717) is 15.9 Å². The zero-order valence-corrected chi connectivity index (χ0v) is 17.7. The van der Waals surface area contributed by atoms with Crippen LogP contribution in [0.5, 0.6) is 0 Å². The predicted octanol–water partition coefficient (Wildman–Crippen LogP) is 4.60. The maximum Gasteiger partial charge on any atom is 0.228 e. The molecule has 0 spiro atoms. The first-order chi connectivity index (χ1) is 13.5. The van der Waals surface area contributed by atoms with E-state index in [1.54, 1.807) is 4.90 Å². The van der Waals surface area contributed by atoms with Crippen molar-refractivity contribution in [2.24, 2.45) is 0 Å². The quantitative estimate of drug-likeness (QED) is 0.347. The minimum Gasteiger partial charge on any atom is -0.358 e. The van der Waals surface area contributed by atoms with E-state index in [0.717, 1.165) is 35.0 Å². The topological polar surface area (TPSA) is 79.0 Å². The van der Waals surface area contributed by atoms with Crippen LogP contribution in [-0.2, 0) is 4.79 Å². The third kappa shape index (κ3) is 3.58. The Morgan fingerprint density at radius 1 is 1.32 bits per heavy atom. The number of para-hydroxylation sites is 1. The molecule has 28 heavy (non-hydrogen) atoms. The van der Waals surface area contributed by atoms with E-state index < -0.39 is 0 Å². The zero-order chi connectivity index (χ0) is 19.8. The smallest absolute Gasteiger partial charge is 0.228 e. The van der Waals surface area contributed by atoms with Crippen LogP contribution in [0.4, 0.5) is 5.13 Å². The van der Waals surface area contributed by atoms with Gasteiger partial charge in [-0.15, -0.1) is 10.2 Å². The molecule has 2 aromatic heterocycles. The number of hydrogen-bond acceptors (Lipinski definition) is 6. The molecule has 146 valence electrons. The molecule has 0 saturated heterocycles. The summed E-state index contributed by atoms with van der Waals surface area (Å²) in [5, 5.41) is 9.75. The van der Waals surface area contributed by atoms with Crippen molar-refractivity contribution >= 4 is 50.8 Å². The van der Waals surface area contributed by atoms with Gasteiger partial charge in [0.25, 0.3) is 0 Å². The number of anilines is 1. The van der Waals surface area contributed by atoms with Crippen LogP contribution in [0.25, 0.3) is 10.9 Å². The second-order valence-electron chi connectivity index (χ2n) is 6.99. The number of carbonyl (C=O) groups excluding carboxylic acids is 2. The molecule has 1 amide bonds. The van der Waals surface area contributed by atoms with Gasteiger partial charge in [0, 0.05) is 34.6 Å². The van der Waals surface area contributed by atoms with Gasteiger partial charge in [0.15, 0.2) is 10.1 Å². The number of aryl methyl sites for hydroxylation is 1. The first-order valence-corrected chi connectivity index (χ1v) is 11.1. The first kappa shape index (κ1) is 19.1. The number of amides is 1. The molecule has 1 aromatic carbocycles. The van der Waals surface area contributed by atoms with Crippen LogP contribution in [0.1, 0.15) is 49.2 Å². The van der Waals surface area contributed by atoms with Crippen molar-refractivity contribution in [3.8, 4) is 0 Å². The molecule has 0 aliphatic heterocycles. The Hall–Kier alpha value is -2.19. The van der Waals surface area contributed by atoms with E-state index in [1.165, 1.54) is 23.1 Å². The number of ketones is 1. The van der Waals surface area contributed by atoms with Gasteiger partial charge >= 0.3 is 0 Å². The lowest BCUT2D eigenvalue weighted by Crippen LogP contribution is -2.32. The molecular weight excluding hydrogens is 392 g/mol. The number of rotatable bonds is 7. The van der Waals surface area contributed by atoms with Crippen LogP contribution in [0.2, 0.25) is 0 Å². The van der Waals surface area contributed by atoms with Crippen LogP contribution in [-0.4, -0.2) is 38.2 Å². The fraction of sp³-hybridized carbons (Fsp3) is 0.400. The summed E-state index contributed by atoms with van der Waals surface area (Å²) in [5.41, 5.74) is 2.59. The van der Waals surface area contributed by atoms with Crippen molar-refractivity contribution in [3.63, 3.8) is 0 Å². The lowest BCUT2D eigenvalue weighted by atomic mass is 10.1. The van der Waals surface area contributed by atoms with Crippen molar-refractivity contribution in [3.05, 3.63) is 35.5 Å². The highest BCUT2D eigenvalue weighted by atomic mass is 32.2. The van der Waals surface area contributed by atoms with Crippen LogP contribution < -0.4 is 4.90 Å². The molecule has 1 aliphatic rings. The number of Topliss-reactive ketones (excluding diaryl/α,β-unsaturated/α-hetero) is 1.